The first-order valence-corrected chi connectivity index (χ1v) is 13.0. The predicted octanol–water partition coefficient (Wildman–Crippen LogP) is 4.09. The van der Waals surface area contributed by atoms with Gasteiger partial charge in [0.05, 0.1) is 31.0 Å². The Labute approximate surface area is 202 Å². The largest absolute Gasteiger partial charge is 0.493 e. The Bertz CT molecular complexity index is 1510. The van der Waals surface area contributed by atoms with E-state index in [9.17, 15) is 13.2 Å². The van der Waals surface area contributed by atoms with Crippen LogP contribution >= 0.6 is 11.6 Å². The van der Waals surface area contributed by atoms with Crippen LogP contribution in [0.2, 0.25) is 5.02 Å². The molecule has 0 saturated carbocycles. The number of aromatic amines is 1. The van der Waals surface area contributed by atoms with Crippen LogP contribution in [0.4, 0.5) is 0 Å². The van der Waals surface area contributed by atoms with Crippen LogP contribution in [-0.2, 0) is 9.84 Å². The van der Waals surface area contributed by atoms with Gasteiger partial charge >= 0.3 is 5.69 Å². The first-order valence-electron chi connectivity index (χ1n) is 10.6. The molecule has 0 unspecified atom stereocenters. The van der Waals surface area contributed by atoms with E-state index in [-0.39, 0.29) is 5.75 Å². The number of benzene rings is 2. The molecule has 1 N–H and O–H groups in total. The van der Waals surface area contributed by atoms with E-state index in [0.29, 0.717) is 39.9 Å². The van der Waals surface area contributed by atoms with Gasteiger partial charge in [-0.15, -0.1) is 0 Å². The number of methoxy groups -OCH3 is 1. The Hall–Kier alpha value is -3.30. The normalized spacial score (nSPS) is 12.6. The lowest BCUT2D eigenvalue weighted by Gasteiger charge is -2.20. The first-order chi connectivity index (χ1) is 16.2. The smallest absolute Gasteiger partial charge is 0.328 e. The monoisotopic (exact) mass is 501 g/mol. The molecule has 34 heavy (non-hydrogen) atoms. The molecule has 8 nitrogen and oxygen atoms in total. The maximum absolute atomic E-state index is 13.1. The molecule has 0 saturated heterocycles. The summed E-state index contributed by atoms with van der Waals surface area (Å²) >= 11 is 6.32. The Kier molecular flexibility index (Phi) is 6.67. The molecule has 4 aromatic rings. The number of fused-ring (bicyclic) bond motifs is 1. The minimum absolute atomic E-state index is 0.300. The fourth-order valence-corrected chi connectivity index (χ4v) is 5.08. The SMILES string of the molecule is CCOc1cc([C@H](CS(C)(=O)=O)n2c(=O)[nH]c3cc(-c4ccccc4Cl)cnc32)ccc1OC. The average Bonchev–Trinajstić information content (AvgIpc) is 3.12. The van der Waals surface area contributed by atoms with Crippen LogP contribution in [-0.4, -0.2) is 48.7 Å². The molecule has 10 heteroatoms. The molecule has 2 aromatic carbocycles. The van der Waals surface area contributed by atoms with E-state index in [1.165, 1.54) is 11.7 Å². The number of nitrogens with zero attached hydrogens (tertiary/aromatic N) is 2. The molecule has 0 fully saturated rings. The lowest BCUT2D eigenvalue weighted by Crippen LogP contribution is -2.28. The minimum Gasteiger partial charge on any atom is -0.493 e. The summed E-state index contributed by atoms with van der Waals surface area (Å²) in [7, 11) is -1.95. The third-order valence-electron chi connectivity index (χ3n) is 5.38. The summed E-state index contributed by atoms with van der Waals surface area (Å²) in [6.45, 7) is 2.24. The van der Waals surface area contributed by atoms with Crippen LogP contribution in [0.5, 0.6) is 11.5 Å². The lowest BCUT2D eigenvalue weighted by atomic mass is 10.1. The molecule has 0 spiro atoms. The van der Waals surface area contributed by atoms with Crippen LogP contribution in [0.15, 0.2) is 59.5 Å². The van der Waals surface area contributed by atoms with Crippen molar-refractivity contribution in [2.45, 2.75) is 13.0 Å². The molecule has 0 aliphatic heterocycles. The van der Waals surface area contributed by atoms with E-state index in [4.69, 9.17) is 21.1 Å². The molecule has 2 aromatic heterocycles. The number of hydrogen-bond acceptors (Lipinski definition) is 6. The van der Waals surface area contributed by atoms with Crippen LogP contribution in [0.25, 0.3) is 22.3 Å². The van der Waals surface area contributed by atoms with E-state index in [0.717, 1.165) is 17.4 Å². The quantitative estimate of drug-likeness (QED) is 0.390. The predicted molar refractivity (Wildman–Crippen MR) is 133 cm³/mol. The summed E-state index contributed by atoms with van der Waals surface area (Å²) in [5.41, 5.74) is 2.42. The van der Waals surface area contributed by atoms with Gasteiger partial charge in [0.2, 0.25) is 0 Å². The molecule has 0 aliphatic rings. The van der Waals surface area contributed by atoms with Crippen LogP contribution in [0.3, 0.4) is 0 Å². The van der Waals surface area contributed by atoms with Crippen molar-refractivity contribution in [1.82, 2.24) is 14.5 Å². The van der Waals surface area contributed by atoms with Gasteiger partial charge < -0.3 is 14.5 Å². The van der Waals surface area contributed by atoms with Gasteiger partial charge in [-0.05, 0) is 36.8 Å². The van der Waals surface area contributed by atoms with Crippen molar-refractivity contribution < 1.29 is 17.9 Å². The second-order valence-corrected chi connectivity index (χ2v) is 10.4. The number of ether oxygens (including phenoxy) is 2. The number of halogens is 1. The molecule has 0 amide bonds. The number of H-pyrrole nitrogens is 1. The molecule has 1 atom stereocenters. The van der Waals surface area contributed by atoms with Gasteiger partial charge in [-0.2, -0.15) is 0 Å². The van der Waals surface area contributed by atoms with Crippen molar-refractivity contribution >= 4 is 32.6 Å². The highest BCUT2D eigenvalue weighted by atomic mass is 35.5. The van der Waals surface area contributed by atoms with Crippen molar-refractivity contribution in [1.29, 1.82) is 0 Å². The maximum Gasteiger partial charge on any atom is 0.328 e. The second kappa shape index (κ2) is 9.52. The summed E-state index contributed by atoms with van der Waals surface area (Å²) in [5.74, 6) is 0.673. The van der Waals surface area contributed by atoms with Crippen LogP contribution in [0, 0.1) is 0 Å². The highest BCUT2D eigenvalue weighted by molar-refractivity contribution is 7.90. The number of rotatable bonds is 8. The number of nitrogens with one attached hydrogen (secondary N) is 1. The summed E-state index contributed by atoms with van der Waals surface area (Å²) in [4.78, 5) is 20.4. The number of pyridine rings is 1. The van der Waals surface area contributed by atoms with Crippen LogP contribution in [0.1, 0.15) is 18.5 Å². The van der Waals surface area contributed by atoms with E-state index in [2.05, 4.69) is 9.97 Å². The molecule has 0 radical (unpaired) electrons. The number of sulfone groups is 1. The van der Waals surface area contributed by atoms with Gasteiger partial charge in [0.15, 0.2) is 17.1 Å². The summed E-state index contributed by atoms with van der Waals surface area (Å²) in [5, 5.41) is 0.557. The number of hydrogen-bond donors (Lipinski definition) is 1. The lowest BCUT2D eigenvalue weighted by molar-refractivity contribution is 0.310. The van der Waals surface area contributed by atoms with Gasteiger partial charge in [-0.1, -0.05) is 35.9 Å². The Morgan fingerprint density at radius 3 is 2.59 bits per heavy atom. The van der Waals surface area contributed by atoms with E-state index >= 15 is 0 Å². The molecule has 0 bridgehead atoms. The van der Waals surface area contributed by atoms with Gasteiger partial charge in [-0.25, -0.2) is 18.2 Å². The minimum atomic E-state index is -3.47. The summed E-state index contributed by atoms with van der Waals surface area (Å²) in [6, 6.07) is 13.4. The van der Waals surface area contributed by atoms with Crippen molar-refractivity contribution in [2.75, 3.05) is 25.7 Å². The Balaban J connectivity index is 1.89. The van der Waals surface area contributed by atoms with Crippen LogP contribution < -0.4 is 15.2 Å². The van der Waals surface area contributed by atoms with Crippen molar-refractivity contribution in [2.24, 2.45) is 0 Å². The molecule has 178 valence electrons. The first kappa shape index (κ1) is 23.8. The zero-order chi connectivity index (χ0) is 24.5. The Morgan fingerprint density at radius 1 is 1.15 bits per heavy atom. The summed E-state index contributed by atoms with van der Waals surface area (Å²) < 4.78 is 37.1. The number of aromatic nitrogens is 3. The standard InChI is InChI=1S/C24H24ClN3O5S/c1-4-33-22-12-15(9-10-21(22)32-2)20(14-34(3,30)31)28-23-19(27-24(28)29)11-16(13-26-23)17-7-5-6-8-18(17)25/h5-13,20H,4,14H2,1-3H3,(H,27,29)/t20-/m0/s1. The average molecular weight is 502 g/mol. The van der Waals surface area contributed by atoms with Gasteiger partial charge in [0.25, 0.3) is 0 Å². The fourth-order valence-electron chi connectivity index (χ4n) is 3.92. The van der Waals surface area contributed by atoms with E-state index < -0.39 is 21.6 Å². The van der Waals surface area contributed by atoms with Gasteiger partial charge in [0.1, 0.15) is 9.84 Å². The third kappa shape index (κ3) is 4.80. The third-order valence-corrected chi connectivity index (χ3v) is 6.64. The molecular formula is C24H24ClN3O5S. The fraction of sp³-hybridized carbons (Fsp3) is 0.250. The highest BCUT2D eigenvalue weighted by Gasteiger charge is 2.25. The van der Waals surface area contributed by atoms with E-state index in [1.54, 1.807) is 36.5 Å². The molecule has 0 aliphatic carbocycles. The maximum atomic E-state index is 13.1. The van der Waals surface area contributed by atoms with Gasteiger partial charge in [-0.3, -0.25) is 4.57 Å². The van der Waals surface area contributed by atoms with Crippen molar-refractivity contribution in [3.63, 3.8) is 0 Å². The van der Waals surface area contributed by atoms with Gasteiger partial charge in [0, 0.05) is 28.6 Å². The molecule has 2 heterocycles. The molecule has 4 rings (SSSR count). The van der Waals surface area contributed by atoms with E-state index in [1.807, 2.05) is 25.1 Å². The van der Waals surface area contributed by atoms with Crippen molar-refractivity contribution in [3.8, 4) is 22.6 Å². The Morgan fingerprint density at radius 2 is 1.91 bits per heavy atom. The zero-order valence-electron chi connectivity index (χ0n) is 18.9. The van der Waals surface area contributed by atoms with Crippen molar-refractivity contribution in [3.05, 3.63) is 75.8 Å². The molecular weight excluding hydrogens is 478 g/mol. The summed E-state index contributed by atoms with van der Waals surface area (Å²) in [6.07, 6.45) is 2.75. The zero-order valence-corrected chi connectivity index (χ0v) is 20.5. The highest BCUT2D eigenvalue weighted by Crippen LogP contribution is 2.33. The number of imidazole rings is 1. The second-order valence-electron chi connectivity index (χ2n) is 7.83. The topological polar surface area (TPSA) is 103 Å².